The topological polar surface area (TPSA) is 63.0 Å². The lowest BCUT2D eigenvalue weighted by molar-refractivity contribution is -0.142. The van der Waals surface area contributed by atoms with E-state index in [1.54, 1.807) is 13.0 Å². The fourth-order valence-corrected chi connectivity index (χ4v) is 1.01. The highest BCUT2D eigenvalue weighted by atomic mass is 19.1. The average molecular weight is 208 g/mol. The van der Waals surface area contributed by atoms with E-state index in [4.69, 9.17) is 5.26 Å². The van der Waals surface area contributed by atoms with Crippen molar-refractivity contribution < 1.29 is 13.9 Å². The van der Waals surface area contributed by atoms with E-state index in [1.165, 1.54) is 12.1 Å². The average Bonchev–Trinajstić information content (AvgIpc) is 2.18. The summed E-state index contributed by atoms with van der Waals surface area (Å²) in [7, 11) is 0. The predicted molar refractivity (Wildman–Crippen MR) is 49.2 cm³/mol. The van der Waals surface area contributed by atoms with Crippen molar-refractivity contribution in [1.29, 1.82) is 5.26 Å². The molecule has 0 unspecified atom stereocenters. The molecule has 1 aromatic heterocycles. The minimum atomic E-state index is -0.862. The Morgan fingerprint density at radius 1 is 1.67 bits per heavy atom. The van der Waals surface area contributed by atoms with Crippen LogP contribution in [0.4, 0.5) is 4.39 Å². The number of ether oxygens (including phenoxy) is 1. The number of carbonyl (C=O) groups is 1. The van der Waals surface area contributed by atoms with Crippen LogP contribution in [0.25, 0.3) is 0 Å². The molecule has 4 nitrogen and oxygen atoms in total. The maximum Gasteiger partial charge on any atom is 0.311 e. The molecule has 0 saturated carbocycles. The molecule has 0 amide bonds. The molecule has 1 heterocycles. The quantitative estimate of drug-likeness (QED) is 0.553. The summed E-state index contributed by atoms with van der Waals surface area (Å²) in [4.78, 5) is 14.5. The van der Waals surface area contributed by atoms with Gasteiger partial charge in [-0.2, -0.15) is 9.65 Å². The maximum absolute atomic E-state index is 13.0. The predicted octanol–water partition coefficient (Wildman–Crippen LogP) is 1.20. The molecule has 5 heteroatoms. The molecule has 0 aliphatic heterocycles. The molecular weight excluding hydrogens is 199 g/mol. The van der Waals surface area contributed by atoms with Crippen molar-refractivity contribution in [3.63, 3.8) is 0 Å². The second-order valence-electron chi connectivity index (χ2n) is 2.73. The first-order chi connectivity index (χ1) is 7.17. The highest BCUT2D eigenvalue weighted by Gasteiger charge is 2.08. The second kappa shape index (κ2) is 5.05. The molecule has 1 rings (SSSR count). The van der Waals surface area contributed by atoms with Gasteiger partial charge >= 0.3 is 5.97 Å². The highest BCUT2D eigenvalue weighted by molar-refractivity contribution is 5.71. The van der Waals surface area contributed by atoms with Crippen molar-refractivity contribution in [2.24, 2.45) is 0 Å². The van der Waals surface area contributed by atoms with Crippen LogP contribution in [0, 0.1) is 17.3 Å². The number of nitrogens with zero attached hydrogens (tertiary/aromatic N) is 2. The number of hydrogen-bond acceptors (Lipinski definition) is 4. The molecule has 0 radical (unpaired) electrons. The van der Waals surface area contributed by atoms with E-state index in [1.807, 2.05) is 0 Å². The van der Waals surface area contributed by atoms with E-state index in [0.29, 0.717) is 0 Å². The summed E-state index contributed by atoms with van der Waals surface area (Å²) >= 11 is 0. The molecule has 0 aliphatic rings. The molecule has 0 atom stereocenters. The van der Waals surface area contributed by atoms with Gasteiger partial charge in [0.05, 0.1) is 18.7 Å². The van der Waals surface area contributed by atoms with Gasteiger partial charge in [0.1, 0.15) is 11.6 Å². The van der Waals surface area contributed by atoms with Gasteiger partial charge in [-0.25, -0.2) is 4.98 Å². The van der Waals surface area contributed by atoms with Gasteiger partial charge in [-0.3, -0.25) is 4.79 Å². The van der Waals surface area contributed by atoms with E-state index in [0.717, 1.165) is 0 Å². The Morgan fingerprint density at radius 2 is 2.40 bits per heavy atom. The van der Waals surface area contributed by atoms with Crippen molar-refractivity contribution in [2.45, 2.75) is 13.3 Å². The molecule has 0 N–H and O–H groups in total. The Morgan fingerprint density at radius 3 is 2.93 bits per heavy atom. The fourth-order valence-electron chi connectivity index (χ4n) is 1.01. The van der Waals surface area contributed by atoms with E-state index < -0.39 is 11.9 Å². The van der Waals surface area contributed by atoms with Crippen LogP contribution in [0.15, 0.2) is 12.1 Å². The Balaban J connectivity index is 2.76. The number of esters is 1. The largest absolute Gasteiger partial charge is 0.466 e. The zero-order valence-corrected chi connectivity index (χ0v) is 8.16. The van der Waals surface area contributed by atoms with Gasteiger partial charge < -0.3 is 4.74 Å². The number of rotatable bonds is 3. The zero-order valence-electron chi connectivity index (χ0n) is 8.16. The van der Waals surface area contributed by atoms with Gasteiger partial charge in [0.25, 0.3) is 0 Å². The van der Waals surface area contributed by atoms with Crippen LogP contribution in [-0.2, 0) is 16.0 Å². The molecule has 15 heavy (non-hydrogen) atoms. The molecule has 0 aromatic carbocycles. The van der Waals surface area contributed by atoms with Crippen molar-refractivity contribution >= 4 is 5.97 Å². The van der Waals surface area contributed by atoms with Crippen LogP contribution >= 0.6 is 0 Å². The normalized spacial score (nSPS) is 9.40. The van der Waals surface area contributed by atoms with Crippen LogP contribution in [-0.4, -0.2) is 17.6 Å². The summed E-state index contributed by atoms with van der Waals surface area (Å²) in [6, 6.07) is 4.36. The Hall–Kier alpha value is -1.96. The molecule has 0 spiro atoms. The minimum Gasteiger partial charge on any atom is -0.466 e. The third kappa shape index (κ3) is 3.02. The number of carbonyl (C=O) groups excluding carboxylic acids is 1. The second-order valence-corrected chi connectivity index (χ2v) is 2.73. The van der Waals surface area contributed by atoms with Gasteiger partial charge in [0, 0.05) is 0 Å². The van der Waals surface area contributed by atoms with Crippen molar-refractivity contribution in [3.05, 3.63) is 29.3 Å². The highest BCUT2D eigenvalue weighted by Crippen LogP contribution is 2.05. The molecule has 1 aromatic rings. The molecule has 0 aliphatic carbocycles. The van der Waals surface area contributed by atoms with Crippen molar-refractivity contribution in [3.8, 4) is 6.07 Å². The SMILES string of the molecule is CCOC(=O)Cc1ccc(C#N)c(F)n1. The first-order valence-electron chi connectivity index (χ1n) is 4.38. The number of hydrogen-bond donors (Lipinski definition) is 0. The number of halogens is 1. The number of pyridine rings is 1. The lowest BCUT2D eigenvalue weighted by atomic mass is 10.2. The van der Waals surface area contributed by atoms with Gasteiger partial charge in [0.15, 0.2) is 0 Å². The summed E-state index contributed by atoms with van der Waals surface area (Å²) < 4.78 is 17.7. The smallest absolute Gasteiger partial charge is 0.311 e. The minimum absolute atomic E-state index is 0.0868. The Kier molecular flexibility index (Phi) is 3.75. The maximum atomic E-state index is 13.0. The first-order valence-corrected chi connectivity index (χ1v) is 4.38. The third-order valence-corrected chi connectivity index (χ3v) is 1.66. The molecule has 0 saturated heterocycles. The van der Waals surface area contributed by atoms with E-state index >= 15 is 0 Å². The molecular formula is C10H9FN2O2. The van der Waals surface area contributed by atoms with Gasteiger partial charge in [-0.05, 0) is 19.1 Å². The summed E-state index contributed by atoms with van der Waals surface area (Å²) in [6.07, 6.45) is -0.0868. The van der Waals surface area contributed by atoms with Crippen LogP contribution in [0.2, 0.25) is 0 Å². The summed E-state index contributed by atoms with van der Waals surface area (Å²) in [6.45, 7) is 1.96. The van der Waals surface area contributed by atoms with E-state index in [9.17, 15) is 9.18 Å². The number of aromatic nitrogens is 1. The monoisotopic (exact) mass is 208 g/mol. The summed E-state index contributed by atoms with van der Waals surface area (Å²) in [5, 5.41) is 8.45. The Labute approximate surface area is 86.3 Å². The van der Waals surface area contributed by atoms with Crippen LogP contribution in [0.5, 0.6) is 0 Å². The van der Waals surface area contributed by atoms with E-state index in [2.05, 4.69) is 9.72 Å². The molecule has 0 fully saturated rings. The van der Waals surface area contributed by atoms with Crippen LogP contribution < -0.4 is 0 Å². The van der Waals surface area contributed by atoms with Crippen LogP contribution in [0.1, 0.15) is 18.2 Å². The summed E-state index contributed by atoms with van der Waals surface area (Å²) in [5.74, 6) is -1.33. The molecule has 78 valence electrons. The number of nitriles is 1. The lowest BCUT2D eigenvalue weighted by Gasteiger charge is -2.01. The lowest BCUT2D eigenvalue weighted by Crippen LogP contribution is -2.09. The first kappa shape index (κ1) is 11.1. The van der Waals surface area contributed by atoms with Crippen LogP contribution in [0.3, 0.4) is 0 Å². The fraction of sp³-hybridized carbons (Fsp3) is 0.300. The zero-order chi connectivity index (χ0) is 11.3. The van der Waals surface area contributed by atoms with Crippen molar-refractivity contribution in [2.75, 3.05) is 6.61 Å². The molecule has 0 bridgehead atoms. The Bertz CT molecular complexity index is 412. The van der Waals surface area contributed by atoms with E-state index in [-0.39, 0.29) is 24.3 Å². The van der Waals surface area contributed by atoms with Crippen molar-refractivity contribution in [1.82, 2.24) is 4.98 Å². The third-order valence-electron chi connectivity index (χ3n) is 1.66. The summed E-state index contributed by atoms with van der Waals surface area (Å²) in [5.41, 5.74) is 0.118. The van der Waals surface area contributed by atoms with Gasteiger partial charge in [-0.15, -0.1) is 0 Å². The van der Waals surface area contributed by atoms with Gasteiger partial charge in [0.2, 0.25) is 5.95 Å². The van der Waals surface area contributed by atoms with Gasteiger partial charge in [-0.1, -0.05) is 0 Å². The standard InChI is InChI=1S/C10H9FN2O2/c1-2-15-9(14)5-8-4-3-7(6-12)10(11)13-8/h3-4H,2,5H2,1H3.